The van der Waals surface area contributed by atoms with Crippen molar-refractivity contribution >= 4 is 29.6 Å². The third kappa shape index (κ3) is 4.51. The van der Waals surface area contributed by atoms with Crippen LogP contribution in [0.2, 0.25) is 0 Å². The summed E-state index contributed by atoms with van der Waals surface area (Å²) in [4.78, 5) is 38.2. The standard InChI is InChI=1S/C24H17FN2O4/c25-18-10-6-17(7-11-18)15-31-20-12-8-16(9-13-20)14-21-22(28)26-24(30)27(23(21)29)19-4-2-1-3-5-19/h1-14H,15H2,(H,26,28,30)/b21-14-. The SMILES string of the molecule is O=C1NC(=O)N(c2ccccc2)C(=O)/C1=C\c1ccc(OCc2ccc(F)cc2)cc1. The van der Waals surface area contributed by atoms with Crippen molar-refractivity contribution in [3.63, 3.8) is 0 Å². The molecule has 0 aliphatic carbocycles. The van der Waals surface area contributed by atoms with Crippen LogP contribution in [-0.4, -0.2) is 17.8 Å². The molecule has 3 aromatic rings. The number of benzene rings is 3. The fourth-order valence-corrected chi connectivity index (χ4v) is 3.04. The van der Waals surface area contributed by atoms with E-state index < -0.39 is 17.8 Å². The largest absolute Gasteiger partial charge is 0.489 e. The predicted molar refractivity (Wildman–Crippen MR) is 113 cm³/mol. The van der Waals surface area contributed by atoms with Gasteiger partial charge in [-0.25, -0.2) is 14.1 Å². The maximum atomic E-state index is 13.0. The van der Waals surface area contributed by atoms with Crippen LogP contribution in [0.25, 0.3) is 6.08 Å². The number of carbonyl (C=O) groups excluding carboxylic acids is 3. The molecule has 0 unspecified atom stereocenters. The minimum Gasteiger partial charge on any atom is -0.489 e. The van der Waals surface area contributed by atoms with Gasteiger partial charge in [-0.1, -0.05) is 42.5 Å². The second kappa shape index (κ2) is 8.62. The predicted octanol–water partition coefficient (Wildman–Crippen LogP) is 4.07. The molecule has 0 radical (unpaired) electrons. The highest BCUT2D eigenvalue weighted by atomic mass is 19.1. The summed E-state index contributed by atoms with van der Waals surface area (Å²) >= 11 is 0. The van der Waals surface area contributed by atoms with Gasteiger partial charge in [-0.2, -0.15) is 0 Å². The van der Waals surface area contributed by atoms with Gasteiger partial charge in [0.25, 0.3) is 11.8 Å². The first kappa shape index (κ1) is 20.0. The van der Waals surface area contributed by atoms with E-state index in [4.69, 9.17) is 4.74 Å². The van der Waals surface area contributed by atoms with Crippen molar-refractivity contribution in [2.24, 2.45) is 0 Å². The van der Waals surface area contributed by atoms with Crippen molar-refractivity contribution in [1.82, 2.24) is 5.32 Å². The molecule has 6 nitrogen and oxygen atoms in total. The Morgan fingerprint density at radius 2 is 1.55 bits per heavy atom. The number of hydrogen-bond donors (Lipinski definition) is 1. The highest BCUT2D eigenvalue weighted by molar-refractivity contribution is 6.39. The first-order valence-corrected chi connectivity index (χ1v) is 9.45. The zero-order valence-electron chi connectivity index (χ0n) is 16.2. The van der Waals surface area contributed by atoms with Crippen LogP contribution in [-0.2, 0) is 16.2 Å². The van der Waals surface area contributed by atoms with Gasteiger partial charge in [-0.05, 0) is 53.6 Å². The lowest BCUT2D eigenvalue weighted by atomic mass is 10.1. The lowest BCUT2D eigenvalue weighted by molar-refractivity contribution is -0.122. The molecule has 3 aromatic carbocycles. The van der Waals surface area contributed by atoms with Crippen molar-refractivity contribution < 1.29 is 23.5 Å². The Morgan fingerprint density at radius 3 is 2.23 bits per heavy atom. The Labute approximate surface area is 177 Å². The topological polar surface area (TPSA) is 75.7 Å². The maximum Gasteiger partial charge on any atom is 0.335 e. The van der Waals surface area contributed by atoms with Crippen molar-refractivity contribution in [2.75, 3.05) is 4.90 Å². The van der Waals surface area contributed by atoms with E-state index in [0.717, 1.165) is 10.5 Å². The Kier molecular flexibility index (Phi) is 5.57. The van der Waals surface area contributed by atoms with Crippen molar-refractivity contribution in [3.8, 4) is 5.75 Å². The number of urea groups is 1. The summed E-state index contributed by atoms with van der Waals surface area (Å²) in [5, 5.41) is 2.19. The summed E-state index contributed by atoms with van der Waals surface area (Å²) in [6.45, 7) is 0.274. The summed E-state index contributed by atoms with van der Waals surface area (Å²) in [6.07, 6.45) is 1.42. The van der Waals surface area contributed by atoms with E-state index in [-0.39, 0.29) is 18.0 Å². The molecule has 7 heteroatoms. The fraction of sp³-hybridized carbons (Fsp3) is 0.0417. The Balaban J connectivity index is 1.50. The van der Waals surface area contributed by atoms with Crippen molar-refractivity contribution in [3.05, 3.63) is 101 Å². The number of carbonyl (C=O) groups is 3. The third-order valence-corrected chi connectivity index (χ3v) is 4.63. The molecule has 0 saturated carbocycles. The van der Waals surface area contributed by atoms with Gasteiger partial charge in [0.1, 0.15) is 23.7 Å². The lowest BCUT2D eigenvalue weighted by Crippen LogP contribution is -2.54. The first-order valence-electron chi connectivity index (χ1n) is 9.45. The highest BCUT2D eigenvalue weighted by Crippen LogP contribution is 2.22. The summed E-state index contributed by atoms with van der Waals surface area (Å²) in [5.74, 6) is -1.18. The number of halogens is 1. The van der Waals surface area contributed by atoms with Gasteiger partial charge >= 0.3 is 6.03 Å². The van der Waals surface area contributed by atoms with Crippen molar-refractivity contribution in [1.29, 1.82) is 0 Å². The van der Waals surface area contributed by atoms with Gasteiger partial charge in [-0.15, -0.1) is 0 Å². The Bertz CT molecular complexity index is 1160. The van der Waals surface area contributed by atoms with E-state index in [2.05, 4.69) is 5.32 Å². The molecule has 4 rings (SSSR count). The van der Waals surface area contributed by atoms with E-state index in [1.165, 1.54) is 18.2 Å². The minimum atomic E-state index is -0.789. The quantitative estimate of drug-likeness (QED) is 0.503. The van der Waals surface area contributed by atoms with E-state index in [0.29, 0.717) is 17.0 Å². The number of amides is 4. The molecule has 1 aliphatic heterocycles. The number of ether oxygens (including phenoxy) is 1. The number of anilines is 1. The molecule has 1 fully saturated rings. The summed E-state index contributed by atoms with van der Waals surface area (Å²) in [6, 6.07) is 20.4. The number of nitrogens with zero attached hydrogens (tertiary/aromatic N) is 1. The number of para-hydroxylation sites is 1. The molecule has 0 atom stereocenters. The number of nitrogens with one attached hydrogen (secondary N) is 1. The van der Waals surface area contributed by atoms with Crippen LogP contribution in [0.5, 0.6) is 5.75 Å². The van der Waals surface area contributed by atoms with Gasteiger partial charge in [0, 0.05) is 0 Å². The minimum absolute atomic E-state index is 0.150. The van der Waals surface area contributed by atoms with E-state index in [1.54, 1.807) is 66.7 Å². The molecule has 1 N–H and O–H groups in total. The fourth-order valence-electron chi connectivity index (χ4n) is 3.04. The van der Waals surface area contributed by atoms with Gasteiger partial charge in [0.05, 0.1) is 5.69 Å². The van der Waals surface area contributed by atoms with Crippen LogP contribution in [0.1, 0.15) is 11.1 Å². The maximum absolute atomic E-state index is 13.0. The molecule has 1 aliphatic rings. The van der Waals surface area contributed by atoms with Crippen LogP contribution in [0, 0.1) is 5.82 Å². The van der Waals surface area contributed by atoms with Gasteiger partial charge < -0.3 is 4.74 Å². The van der Waals surface area contributed by atoms with Crippen LogP contribution >= 0.6 is 0 Å². The number of barbiturate groups is 1. The highest BCUT2D eigenvalue weighted by Gasteiger charge is 2.36. The zero-order chi connectivity index (χ0) is 21.8. The summed E-state index contributed by atoms with van der Waals surface area (Å²) < 4.78 is 18.6. The van der Waals surface area contributed by atoms with Crippen LogP contribution in [0.4, 0.5) is 14.9 Å². The summed E-state index contributed by atoms with van der Waals surface area (Å²) in [5.41, 5.74) is 1.63. The molecule has 31 heavy (non-hydrogen) atoms. The van der Waals surface area contributed by atoms with E-state index in [9.17, 15) is 18.8 Å². The normalized spacial score (nSPS) is 15.2. The molecular formula is C24H17FN2O4. The van der Waals surface area contributed by atoms with Gasteiger partial charge in [0.2, 0.25) is 0 Å². The number of rotatable bonds is 5. The molecule has 0 bridgehead atoms. The Morgan fingerprint density at radius 1 is 0.871 bits per heavy atom. The molecule has 0 spiro atoms. The van der Waals surface area contributed by atoms with Crippen LogP contribution in [0.15, 0.2) is 84.4 Å². The second-order valence-corrected chi connectivity index (χ2v) is 6.78. The molecule has 4 amide bonds. The molecule has 0 aromatic heterocycles. The van der Waals surface area contributed by atoms with E-state index in [1.807, 2.05) is 0 Å². The molecule has 1 saturated heterocycles. The monoisotopic (exact) mass is 416 g/mol. The smallest absolute Gasteiger partial charge is 0.335 e. The Hall–Kier alpha value is -4.26. The molecule has 1 heterocycles. The number of imide groups is 2. The third-order valence-electron chi connectivity index (χ3n) is 4.63. The number of hydrogen-bond acceptors (Lipinski definition) is 4. The summed E-state index contributed by atoms with van der Waals surface area (Å²) in [7, 11) is 0. The van der Waals surface area contributed by atoms with Crippen LogP contribution < -0.4 is 15.0 Å². The van der Waals surface area contributed by atoms with E-state index >= 15 is 0 Å². The van der Waals surface area contributed by atoms with Gasteiger partial charge in [-0.3, -0.25) is 14.9 Å². The second-order valence-electron chi connectivity index (χ2n) is 6.78. The molecule has 154 valence electrons. The molecular weight excluding hydrogens is 399 g/mol. The van der Waals surface area contributed by atoms with Crippen molar-refractivity contribution in [2.45, 2.75) is 6.61 Å². The average molecular weight is 416 g/mol. The lowest BCUT2D eigenvalue weighted by Gasteiger charge is -2.26. The zero-order valence-corrected chi connectivity index (χ0v) is 16.2. The average Bonchev–Trinajstić information content (AvgIpc) is 2.78. The van der Waals surface area contributed by atoms with Crippen LogP contribution in [0.3, 0.4) is 0 Å². The first-order chi connectivity index (χ1) is 15.0. The van der Waals surface area contributed by atoms with Gasteiger partial charge in [0.15, 0.2) is 0 Å².